The van der Waals surface area contributed by atoms with Crippen LogP contribution >= 0.6 is 11.3 Å². The van der Waals surface area contributed by atoms with Crippen LogP contribution < -0.4 is 5.32 Å². The Labute approximate surface area is 167 Å². The first-order valence-electron chi connectivity index (χ1n) is 9.03. The van der Waals surface area contributed by atoms with Crippen molar-refractivity contribution in [3.63, 3.8) is 0 Å². The molecular weight excluding hydrogens is 368 g/mol. The molecule has 28 heavy (non-hydrogen) atoms. The first-order chi connectivity index (χ1) is 13.7. The molecule has 6 heteroatoms. The fourth-order valence-electron chi connectivity index (χ4n) is 2.84. The van der Waals surface area contributed by atoms with E-state index in [4.69, 9.17) is 0 Å². The third-order valence-electron chi connectivity index (χ3n) is 4.42. The van der Waals surface area contributed by atoms with Crippen LogP contribution in [-0.2, 0) is 17.8 Å². The Morgan fingerprint density at radius 2 is 1.89 bits per heavy atom. The Morgan fingerprint density at radius 3 is 2.61 bits per heavy atom. The van der Waals surface area contributed by atoms with E-state index in [9.17, 15) is 4.79 Å². The van der Waals surface area contributed by atoms with Gasteiger partial charge in [-0.15, -0.1) is 11.3 Å². The van der Waals surface area contributed by atoms with Crippen LogP contribution in [0.4, 0.5) is 0 Å². The van der Waals surface area contributed by atoms with Gasteiger partial charge in [0, 0.05) is 35.6 Å². The number of amides is 1. The Balaban J connectivity index is 1.32. The maximum atomic E-state index is 12.3. The fourth-order valence-corrected chi connectivity index (χ4v) is 3.67. The molecule has 0 unspecified atom stereocenters. The number of nitrogens with zero attached hydrogens (tertiary/aromatic N) is 3. The van der Waals surface area contributed by atoms with Gasteiger partial charge in [-0.3, -0.25) is 4.79 Å². The summed E-state index contributed by atoms with van der Waals surface area (Å²) in [6.07, 6.45) is 5.69. The molecule has 4 aromatic rings. The predicted octanol–water partition coefficient (Wildman–Crippen LogP) is 4.16. The molecule has 5 nitrogen and oxygen atoms in total. The Bertz CT molecular complexity index is 1050. The molecular formula is C22H20N4OS. The number of aromatic nitrogens is 3. The van der Waals surface area contributed by atoms with Gasteiger partial charge in [0.1, 0.15) is 5.01 Å². The van der Waals surface area contributed by atoms with Crippen LogP contribution in [0, 0.1) is 6.92 Å². The smallest absolute Gasteiger partial charge is 0.226 e. The molecule has 140 valence electrons. The number of aryl methyl sites for hydroxylation is 1. The maximum Gasteiger partial charge on any atom is 0.226 e. The molecule has 0 atom stereocenters. The summed E-state index contributed by atoms with van der Waals surface area (Å²) >= 11 is 1.57. The van der Waals surface area contributed by atoms with E-state index in [0.29, 0.717) is 6.54 Å². The largest absolute Gasteiger partial charge is 0.352 e. The van der Waals surface area contributed by atoms with Crippen LogP contribution in [0.5, 0.6) is 0 Å². The number of benzene rings is 2. The molecule has 1 N–H and O–H groups in total. The number of hydrogen-bond acceptors (Lipinski definition) is 4. The Hall–Kier alpha value is -3.25. The van der Waals surface area contributed by atoms with E-state index < -0.39 is 0 Å². The number of nitrogens with one attached hydrogen (secondary N) is 1. The van der Waals surface area contributed by atoms with Crippen molar-refractivity contribution >= 4 is 17.2 Å². The van der Waals surface area contributed by atoms with Crippen molar-refractivity contribution in [2.75, 3.05) is 0 Å². The number of thiazole rings is 1. The highest BCUT2D eigenvalue weighted by molar-refractivity contribution is 7.13. The molecule has 0 bridgehead atoms. The van der Waals surface area contributed by atoms with Gasteiger partial charge in [0.15, 0.2) is 0 Å². The molecule has 0 aliphatic heterocycles. The molecule has 2 aromatic carbocycles. The van der Waals surface area contributed by atoms with E-state index in [1.54, 1.807) is 23.9 Å². The van der Waals surface area contributed by atoms with E-state index in [0.717, 1.165) is 27.5 Å². The summed E-state index contributed by atoms with van der Waals surface area (Å²) < 4.78 is 1.94. The second-order valence-corrected chi connectivity index (χ2v) is 7.46. The minimum Gasteiger partial charge on any atom is -0.352 e. The van der Waals surface area contributed by atoms with Crippen molar-refractivity contribution in [1.82, 2.24) is 19.9 Å². The lowest BCUT2D eigenvalue weighted by molar-refractivity contribution is -0.120. The quantitative estimate of drug-likeness (QED) is 0.539. The van der Waals surface area contributed by atoms with Crippen LogP contribution in [-0.4, -0.2) is 20.4 Å². The molecule has 1 amide bonds. The van der Waals surface area contributed by atoms with Gasteiger partial charge in [-0.05, 0) is 24.6 Å². The Morgan fingerprint density at radius 1 is 1.11 bits per heavy atom. The van der Waals surface area contributed by atoms with Crippen molar-refractivity contribution in [3.05, 3.63) is 89.5 Å². The van der Waals surface area contributed by atoms with E-state index in [2.05, 4.69) is 46.5 Å². The molecule has 0 aliphatic rings. The lowest BCUT2D eigenvalue weighted by Crippen LogP contribution is -2.24. The van der Waals surface area contributed by atoms with Gasteiger partial charge in [0.05, 0.1) is 18.4 Å². The van der Waals surface area contributed by atoms with Crippen molar-refractivity contribution in [2.24, 2.45) is 0 Å². The minimum atomic E-state index is -0.0283. The van der Waals surface area contributed by atoms with Crippen molar-refractivity contribution in [1.29, 1.82) is 0 Å². The summed E-state index contributed by atoms with van der Waals surface area (Å²) in [6, 6.07) is 16.3. The summed E-state index contributed by atoms with van der Waals surface area (Å²) in [5, 5.41) is 5.86. The van der Waals surface area contributed by atoms with Crippen LogP contribution in [0.25, 0.3) is 16.3 Å². The zero-order valence-corrected chi connectivity index (χ0v) is 16.3. The number of imidazole rings is 1. The zero-order valence-electron chi connectivity index (χ0n) is 15.5. The number of rotatable bonds is 6. The monoisotopic (exact) mass is 388 g/mol. The van der Waals surface area contributed by atoms with Gasteiger partial charge >= 0.3 is 0 Å². The van der Waals surface area contributed by atoms with Gasteiger partial charge in [-0.1, -0.05) is 42.0 Å². The van der Waals surface area contributed by atoms with Gasteiger partial charge in [0.25, 0.3) is 0 Å². The van der Waals surface area contributed by atoms with Gasteiger partial charge < -0.3 is 9.88 Å². The maximum absolute atomic E-state index is 12.3. The first-order valence-corrected chi connectivity index (χ1v) is 9.91. The molecule has 0 fully saturated rings. The second-order valence-electron chi connectivity index (χ2n) is 6.60. The number of hydrogen-bond donors (Lipinski definition) is 1. The third-order valence-corrected chi connectivity index (χ3v) is 5.36. The minimum absolute atomic E-state index is 0.0283. The van der Waals surface area contributed by atoms with Crippen molar-refractivity contribution < 1.29 is 4.79 Å². The summed E-state index contributed by atoms with van der Waals surface area (Å²) in [5.41, 5.74) is 5.20. The predicted molar refractivity (Wildman–Crippen MR) is 111 cm³/mol. The topological polar surface area (TPSA) is 59.8 Å². The summed E-state index contributed by atoms with van der Waals surface area (Å²) in [7, 11) is 0. The van der Waals surface area contributed by atoms with Gasteiger partial charge in [-0.2, -0.15) is 0 Å². The number of carbonyl (C=O) groups is 1. The second kappa shape index (κ2) is 8.19. The van der Waals surface area contributed by atoms with Crippen LogP contribution in [0.2, 0.25) is 0 Å². The molecule has 2 aromatic heterocycles. The zero-order chi connectivity index (χ0) is 19.3. The highest BCUT2D eigenvalue weighted by atomic mass is 32.1. The highest BCUT2D eigenvalue weighted by Gasteiger charge is 2.09. The SMILES string of the molecule is Cc1ccc(-c2nc(CC(=O)NCc3ccc(-n4ccnc4)cc3)cs2)cc1. The average Bonchev–Trinajstić information content (AvgIpc) is 3.40. The van der Waals surface area contributed by atoms with E-state index in [1.165, 1.54) is 5.56 Å². The van der Waals surface area contributed by atoms with Crippen molar-refractivity contribution in [3.8, 4) is 16.3 Å². The average molecular weight is 388 g/mol. The van der Waals surface area contributed by atoms with Crippen LogP contribution in [0.3, 0.4) is 0 Å². The molecule has 0 radical (unpaired) electrons. The Kier molecular flexibility index (Phi) is 5.30. The van der Waals surface area contributed by atoms with E-state index in [1.807, 2.05) is 40.4 Å². The van der Waals surface area contributed by atoms with E-state index in [-0.39, 0.29) is 12.3 Å². The molecule has 0 saturated heterocycles. The van der Waals surface area contributed by atoms with Crippen LogP contribution in [0.15, 0.2) is 72.6 Å². The molecule has 0 saturated carbocycles. The normalized spacial score (nSPS) is 10.8. The number of carbonyl (C=O) groups excluding carboxylic acids is 1. The standard InChI is InChI=1S/C22H20N4OS/c1-16-2-6-18(7-3-16)22-25-19(14-28-22)12-21(27)24-13-17-4-8-20(9-5-17)26-11-10-23-15-26/h2-11,14-15H,12-13H2,1H3,(H,24,27). The molecule has 0 aliphatic carbocycles. The highest BCUT2D eigenvalue weighted by Crippen LogP contribution is 2.24. The fraction of sp³-hybridized carbons (Fsp3) is 0.136. The van der Waals surface area contributed by atoms with Crippen molar-refractivity contribution in [2.45, 2.75) is 19.9 Å². The third kappa shape index (κ3) is 4.35. The summed E-state index contributed by atoms with van der Waals surface area (Å²) in [5.74, 6) is -0.0283. The van der Waals surface area contributed by atoms with Gasteiger partial charge in [-0.25, -0.2) is 9.97 Å². The summed E-state index contributed by atoms with van der Waals surface area (Å²) in [6.45, 7) is 2.56. The lowest BCUT2D eigenvalue weighted by Gasteiger charge is -2.06. The lowest BCUT2D eigenvalue weighted by atomic mass is 10.2. The first kappa shape index (κ1) is 18.1. The summed E-state index contributed by atoms with van der Waals surface area (Å²) in [4.78, 5) is 20.9. The molecule has 0 spiro atoms. The molecule has 2 heterocycles. The van der Waals surface area contributed by atoms with Gasteiger partial charge in [0.2, 0.25) is 5.91 Å². The molecule has 4 rings (SSSR count). The van der Waals surface area contributed by atoms with E-state index >= 15 is 0 Å². The van der Waals surface area contributed by atoms with Crippen LogP contribution in [0.1, 0.15) is 16.8 Å².